The van der Waals surface area contributed by atoms with Crippen molar-refractivity contribution in [1.82, 2.24) is 15.0 Å². The number of rotatable bonds is 0. The van der Waals surface area contributed by atoms with E-state index in [4.69, 9.17) is 14.4 Å². The second-order valence-electron chi connectivity index (χ2n) is 5.95. The fourth-order valence-corrected chi connectivity index (χ4v) is 2.75. The molecule has 34 heavy (non-hydrogen) atoms. The summed E-state index contributed by atoms with van der Waals surface area (Å²) in [5, 5.41) is 0. The predicted molar refractivity (Wildman–Crippen MR) is 102 cm³/mol. The molecule has 180 valence electrons. The monoisotopic (exact) mass is 652 g/mol. The first-order valence-corrected chi connectivity index (χ1v) is 8.41. The number of fused-ring (bicyclic) bond motifs is 6. The third-order valence-electron chi connectivity index (χ3n) is 4.18. The molecule has 1 aliphatic heterocycles. The molecular formula is C21H12F6N3O3W-3. The molecule has 1 aliphatic rings. The van der Waals surface area contributed by atoms with Crippen molar-refractivity contribution in [1.29, 1.82) is 0 Å². The number of hydrogen-bond acceptors (Lipinski definition) is 6. The van der Waals surface area contributed by atoms with Gasteiger partial charge in [-0.15, -0.1) is 0 Å². The van der Waals surface area contributed by atoms with Crippen molar-refractivity contribution >= 4 is 20.4 Å². The first-order chi connectivity index (χ1) is 15.6. The maximum Gasteiger partial charge on any atom is 0.331 e. The standard InChI is InChI=1S/C18H9F6N3.3CHO.W/c19-16(20)10-4-1-5-11(25-10)17(21,22)13-7-3-9-15(27-13)18(23,24)14-8-2-6-12(16)26-14;3*1-2;/h1-9H;3*1H;/q;3*-1;. The second kappa shape index (κ2) is 12.3. The fourth-order valence-electron chi connectivity index (χ4n) is 2.75. The minimum atomic E-state index is -3.95. The van der Waals surface area contributed by atoms with Gasteiger partial charge in [0.2, 0.25) is 0 Å². The van der Waals surface area contributed by atoms with E-state index in [9.17, 15) is 26.3 Å². The predicted octanol–water partition coefficient (Wildman–Crippen LogP) is 3.78. The van der Waals surface area contributed by atoms with Gasteiger partial charge >= 0.3 is 17.8 Å². The topological polar surface area (TPSA) is 89.9 Å². The van der Waals surface area contributed by atoms with Crippen molar-refractivity contribution in [2.75, 3.05) is 0 Å². The molecule has 6 nitrogen and oxygen atoms in total. The number of hydrogen-bond donors (Lipinski definition) is 0. The van der Waals surface area contributed by atoms with Crippen LogP contribution in [0.5, 0.6) is 0 Å². The number of alkyl halides is 6. The van der Waals surface area contributed by atoms with Crippen molar-refractivity contribution < 1.29 is 61.8 Å². The minimum absolute atomic E-state index is 0. The molecule has 0 fully saturated rings. The van der Waals surface area contributed by atoms with Crippen LogP contribution in [0.4, 0.5) is 26.3 Å². The summed E-state index contributed by atoms with van der Waals surface area (Å²) in [6.45, 7) is 9.75. The van der Waals surface area contributed by atoms with Gasteiger partial charge in [0.1, 0.15) is 34.2 Å². The van der Waals surface area contributed by atoms with E-state index >= 15 is 0 Å². The summed E-state index contributed by atoms with van der Waals surface area (Å²) in [4.78, 5) is 33.4. The smallest absolute Gasteiger partial charge is 0.331 e. The largest absolute Gasteiger partial charge is 0.545 e. The minimum Gasteiger partial charge on any atom is -0.545 e. The zero-order valence-electron chi connectivity index (χ0n) is 16.7. The van der Waals surface area contributed by atoms with Gasteiger partial charge < -0.3 is 14.4 Å². The van der Waals surface area contributed by atoms with Gasteiger partial charge in [-0.1, -0.05) is 18.2 Å². The van der Waals surface area contributed by atoms with Gasteiger partial charge in [-0.2, -0.15) is 26.3 Å². The third-order valence-corrected chi connectivity index (χ3v) is 4.18. The Bertz CT molecular complexity index is 904. The van der Waals surface area contributed by atoms with Crippen LogP contribution in [0.25, 0.3) is 0 Å². The van der Waals surface area contributed by atoms with Crippen LogP contribution in [-0.2, 0) is 53.2 Å². The summed E-state index contributed by atoms with van der Waals surface area (Å²) in [6, 6.07) is 7.99. The van der Waals surface area contributed by atoms with Crippen molar-refractivity contribution in [3.63, 3.8) is 0 Å². The normalized spacial score (nSPS) is 15.4. The summed E-state index contributed by atoms with van der Waals surface area (Å²) in [5.41, 5.74) is -6.14. The molecule has 0 unspecified atom stereocenters. The van der Waals surface area contributed by atoms with E-state index < -0.39 is 51.9 Å². The number of aromatic nitrogens is 3. The number of halogens is 6. The van der Waals surface area contributed by atoms with Crippen molar-refractivity contribution in [2.24, 2.45) is 0 Å². The molecular weight excluding hydrogens is 640 g/mol. The Morgan fingerprint density at radius 3 is 0.735 bits per heavy atom. The van der Waals surface area contributed by atoms with Crippen molar-refractivity contribution in [2.45, 2.75) is 17.8 Å². The van der Waals surface area contributed by atoms with Gasteiger partial charge in [-0.05, 0) is 36.4 Å². The van der Waals surface area contributed by atoms with Crippen LogP contribution in [0, 0.1) is 0 Å². The van der Waals surface area contributed by atoms with E-state index in [1.165, 1.54) is 0 Å². The zero-order chi connectivity index (χ0) is 25.4. The molecule has 3 aromatic heterocycles. The van der Waals surface area contributed by atoms with Crippen LogP contribution in [0.3, 0.4) is 0 Å². The average molecular weight is 652 g/mol. The van der Waals surface area contributed by atoms with Crippen molar-refractivity contribution in [3.05, 3.63) is 88.8 Å². The summed E-state index contributed by atoms with van der Waals surface area (Å²) in [5.74, 6) is -11.8. The van der Waals surface area contributed by atoms with Gasteiger partial charge in [0.25, 0.3) is 0 Å². The molecule has 0 aromatic carbocycles. The Kier molecular flexibility index (Phi) is 11.1. The second-order valence-corrected chi connectivity index (χ2v) is 5.95. The van der Waals surface area contributed by atoms with Gasteiger partial charge in [0.05, 0.1) is 0 Å². The van der Waals surface area contributed by atoms with E-state index in [1.807, 2.05) is 0 Å². The summed E-state index contributed by atoms with van der Waals surface area (Å²) in [7, 11) is 0. The van der Waals surface area contributed by atoms with Crippen LogP contribution in [0.1, 0.15) is 34.2 Å². The number of carbonyl (C=O) groups excluding carboxylic acids is 3. The van der Waals surface area contributed by atoms with Crippen LogP contribution >= 0.6 is 0 Å². The van der Waals surface area contributed by atoms with Gasteiger partial charge in [-0.25, -0.2) is 15.0 Å². The molecule has 0 spiro atoms. The third kappa shape index (κ3) is 5.61. The molecule has 4 rings (SSSR count). The van der Waals surface area contributed by atoms with E-state index in [-0.39, 0.29) is 21.1 Å². The molecule has 0 atom stereocenters. The Morgan fingerprint density at radius 2 is 0.588 bits per heavy atom. The Morgan fingerprint density at radius 1 is 0.441 bits per heavy atom. The molecule has 0 amide bonds. The van der Waals surface area contributed by atoms with Gasteiger partial charge in [0, 0.05) is 21.1 Å². The maximum atomic E-state index is 14.8. The average Bonchev–Trinajstić information content (AvgIpc) is 2.87. The Balaban J connectivity index is 0.00000145. The van der Waals surface area contributed by atoms with E-state index in [1.54, 1.807) is 0 Å². The molecule has 0 saturated carbocycles. The van der Waals surface area contributed by atoms with E-state index in [2.05, 4.69) is 35.3 Å². The number of pyridine rings is 3. The quantitative estimate of drug-likeness (QED) is 0.209. The summed E-state index contributed by atoms with van der Waals surface area (Å²) in [6.07, 6.45) is 0. The van der Waals surface area contributed by atoms with Gasteiger partial charge in [-0.3, -0.25) is 20.4 Å². The first kappa shape index (κ1) is 30.7. The molecule has 4 heterocycles. The SMILES string of the molecule is FC1(F)c2cccc(n2)C(F)(F)c2cccc(n2)C(F)(F)c2cccc1n2.[CH-]=O.[CH-]=O.[CH-]=O.[W]. The van der Waals surface area contributed by atoms with Crippen LogP contribution < -0.4 is 0 Å². The molecule has 6 bridgehead atoms. The van der Waals surface area contributed by atoms with Crippen LogP contribution in [-0.4, -0.2) is 35.3 Å². The van der Waals surface area contributed by atoms with Crippen LogP contribution in [0.15, 0.2) is 54.6 Å². The molecule has 0 saturated heterocycles. The van der Waals surface area contributed by atoms with Crippen molar-refractivity contribution in [3.8, 4) is 0 Å². The maximum absolute atomic E-state index is 14.8. The molecule has 0 N–H and O–H groups in total. The molecule has 0 aliphatic carbocycles. The van der Waals surface area contributed by atoms with E-state index in [0.29, 0.717) is 0 Å². The Hall–Kier alpha value is -3.27. The zero-order valence-corrected chi connectivity index (χ0v) is 19.6. The summed E-state index contributed by atoms with van der Waals surface area (Å²) < 4.78 is 88.6. The Labute approximate surface area is 203 Å². The van der Waals surface area contributed by atoms with Crippen LogP contribution in [0.2, 0.25) is 0 Å². The summed E-state index contributed by atoms with van der Waals surface area (Å²) >= 11 is 0. The first-order valence-electron chi connectivity index (χ1n) is 8.41. The fraction of sp³-hybridized carbons (Fsp3) is 0.143. The molecule has 13 heteroatoms. The number of nitrogens with zero attached hydrogens (tertiary/aromatic N) is 3. The molecule has 3 aromatic rings. The molecule has 0 radical (unpaired) electrons. The van der Waals surface area contributed by atoms with E-state index in [0.717, 1.165) is 54.6 Å². The van der Waals surface area contributed by atoms with Gasteiger partial charge in [0.15, 0.2) is 0 Å².